The minimum Gasteiger partial charge on any atom is -0.375 e. The molecule has 2 fully saturated rings. The summed E-state index contributed by atoms with van der Waals surface area (Å²) >= 11 is 0. The van der Waals surface area contributed by atoms with Gasteiger partial charge < -0.3 is 4.74 Å². The molecule has 88 valence electrons. The third-order valence-electron chi connectivity index (χ3n) is 3.39. The molecule has 0 aromatic carbocycles. The normalized spacial score (nSPS) is 30.1. The molecule has 5 heteroatoms. The molecule has 0 radical (unpaired) electrons. The zero-order chi connectivity index (χ0) is 10.9. The van der Waals surface area contributed by atoms with E-state index >= 15 is 0 Å². The van der Waals surface area contributed by atoms with E-state index in [2.05, 4.69) is 0 Å². The van der Waals surface area contributed by atoms with Crippen LogP contribution in [0.25, 0.3) is 0 Å². The molecule has 0 aromatic heterocycles. The molecule has 1 saturated heterocycles. The topological polar surface area (TPSA) is 46.6 Å². The van der Waals surface area contributed by atoms with Crippen LogP contribution < -0.4 is 0 Å². The van der Waals surface area contributed by atoms with Gasteiger partial charge in [0.2, 0.25) is 10.0 Å². The van der Waals surface area contributed by atoms with E-state index in [1.54, 1.807) is 4.31 Å². The van der Waals surface area contributed by atoms with Gasteiger partial charge in [0, 0.05) is 13.1 Å². The van der Waals surface area contributed by atoms with E-state index < -0.39 is 10.0 Å². The van der Waals surface area contributed by atoms with Crippen LogP contribution in [-0.4, -0.2) is 43.8 Å². The van der Waals surface area contributed by atoms with Crippen LogP contribution in [0.1, 0.15) is 32.6 Å². The van der Waals surface area contributed by atoms with Gasteiger partial charge in [0.25, 0.3) is 0 Å². The molecule has 0 bridgehead atoms. The predicted molar refractivity (Wildman–Crippen MR) is 58.2 cm³/mol. The fraction of sp³-hybridized carbons (Fsp3) is 1.00. The standard InChI is InChI=1S/C10H19NO3S/c1-2-9-8-11(6-7-14-9)15(12,13)10-4-3-5-10/h9-10H,2-8H2,1H3/t9-/m1/s1. The summed E-state index contributed by atoms with van der Waals surface area (Å²) in [4.78, 5) is 0. The molecule has 1 aliphatic carbocycles. The van der Waals surface area contributed by atoms with Crippen molar-refractivity contribution >= 4 is 10.0 Å². The van der Waals surface area contributed by atoms with Crippen molar-refractivity contribution in [2.75, 3.05) is 19.7 Å². The number of morpholine rings is 1. The van der Waals surface area contributed by atoms with E-state index in [1.165, 1.54) is 0 Å². The molecule has 0 spiro atoms. The highest BCUT2D eigenvalue weighted by molar-refractivity contribution is 7.89. The molecular formula is C10H19NO3S. The van der Waals surface area contributed by atoms with Crippen LogP contribution in [0.2, 0.25) is 0 Å². The van der Waals surface area contributed by atoms with Crippen molar-refractivity contribution in [2.45, 2.75) is 44.0 Å². The summed E-state index contributed by atoms with van der Waals surface area (Å²) < 4.78 is 31.3. The molecule has 0 amide bonds. The van der Waals surface area contributed by atoms with Crippen LogP contribution in [0, 0.1) is 0 Å². The van der Waals surface area contributed by atoms with Gasteiger partial charge in [0.05, 0.1) is 18.0 Å². The lowest BCUT2D eigenvalue weighted by Gasteiger charge is -2.36. The summed E-state index contributed by atoms with van der Waals surface area (Å²) in [5.41, 5.74) is 0. The van der Waals surface area contributed by atoms with Gasteiger partial charge in [0.15, 0.2) is 0 Å². The average molecular weight is 233 g/mol. The first-order valence-electron chi connectivity index (χ1n) is 5.75. The van der Waals surface area contributed by atoms with E-state index in [9.17, 15) is 8.42 Å². The molecule has 1 heterocycles. The van der Waals surface area contributed by atoms with E-state index in [0.29, 0.717) is 19.7 Å². The number of hydrogen-bond acceptors (Lipinski definition) is 3. The Morgan fingerprint density at radius 3 is 2.67 bits per heavy atom. The zero-order valence-electron chi connectivity index (χ0n) is 9.18. The van der Waals surface area contributed by atoms with Crippen molar-refractivity contribution in [3.05, 3.63) is 0 Å². The minimum absolute atomic E-state index is 0.0913. The molecule has 1 aliphatic heterocycles. The van der Waals surface area contributed by atoms with Crippen molar-refractivity contribution in [1.29, 1.82) is 0 Å². The molecule has 0 N–H and O–H groups in total. The molecule has 1 atom stereocenters. The number of sulfonamides is 1. The molecular weight excluding hydrogens is 214 g/mol. The van der Waals surface area contributed by atoms with Gasteiger partial charge in [-0.2, -0.15) is 4.31 Å². The van der Waals surface area contributed by atoms with Crippen LogP contribution in [0.5, 0.6) is 0 Å². The van der Waals surface area contributed by atoms with Crippen LogP contribution in [0.15, 0.2) is 0 Å². The summed E-state index contributed by atoms with van der Waals surface area (Å²) in [5, 5.41) is -0.104. The highest BCUT2D eigenvalue weighted by Gasteiger charge is 2.38. The van der Waals surface area contributed by atoms with Crippen molar-refractivity contribution in [1.82, 2.24) is 4.31 Å². The summed E-state index contributed by atoms with van der Waals surface area (Å²) in [5.74, 6) is 0. The SMILES string of the molecule is CC[C@@H]1CN(S(=O)(=O)C2CCC2)CCO1. The van der Waals surface area contributed by atoms with Gasteiger partial charge in [0.1, 0.15) is 0 Å². The van der Waals surface area contributed by atoms with Crippen LogP contribution in [0.4, 0.5) is 0 Å². The Balaban J connectivity index is 2.02. The lowest BCUT2D eigenvalue weighted by molar-refractivity contribution is -0.00330. The fourth-order valence-corrected chi connectivity index (χ4v) is 4.10. The lowest BCUT2D eigenvalue weighted by atomic mass is 10.0. The maximum absolute atomic E-state index is 12.1. The van der Waals surface area contributed by atoms with E-state index in [0.717, 1.165) is 25.7 Å². The predicted octanol–water partition coefficient (Wildman–Crippen LogP) is 0.980. The Morgan fingerprint density at radius 2 is 2.13 bits per heavy atom. The highest BCUT2D eigenvalue weighted by atomic mass is 32.2. The van der Waals surface area contributed by atoms with Crippen molar-refractivity contribution in [3.8, 4) is 0 Å². The van der Waals surface area contributed by atoms with Crippen molar-refractivity contribution in [2.24, 2.45) is 0 Å². The molecule has 15 heavy (non-hydrogen) atoms. The Hall–Kier alpha value is -0.130. The zero-order valence-corrected chi connectivity index (χ0v) is 10.0. The summed E-state index contributed by atoms with van der Waals surface area (Å²) in [6, 6.07) is 0. The molecule has 2 aliphatic rings. The Kier molecular flexibility index (Phi) is 3.33. The first-order valence-corrected chi connectivity index (χ1v) is 7.25. The molecule has 2 rings (SSSR count). The van der Waals surface area contributed by atoms with Gasteiger partial charge >= 0.3 is 0 Å². The summed E-state index contributed by atoms with van der Waals surface area (Å²) in [7, 11) is -3.01. The third kappa shape index (κ3) is 2.19. The largest absolute Gasteiger partial charge is 0.375 e. The molecule has 0 unspecified atom stereocenters. The second-order valence-corrected chi connectivity index (χ2v) is 6.57. The van der Waals surface area contributed by atoms with Gasteiger partial charge in [-0.05, 0) is 19.3 Å². The van der Waals surface area contributed by atoms with Gasteiger partial charge in [-0.3, -0.25) is 0 Å². The fourth-order valence-electron chi connectivity index (χ4n) is 2.05. The lowest BCUT2D eigenvalue weighted by Crippen LogP contribution is -2.50. The second kappa shape index (κ2) is 4.39. The quantitative estimate of drug-likeness (QED) is 0.730. The molecule has 4 nitrogen and oxygen atoms in total. The molecule has 1 saturated carbocycles. The number of ether oxygens (including phenoxy) is 1. The van der Waals surface area contributed by atoms with E-state index in [1.807, 2.05) is 6.92 Å². The summed E-state index contributed by atoms with van der Waals surface area (Å²) in [6.45, 7) is 3.67. The molecule has 0 aromatic rings. The smallest absolute Gasteiger partial charge is 0.217 e. The first kappa shape index (κ1) is 11.4. The number of nitrogens with zero attached hydrogens (tertiary/aromatic N) is 1. The average Bonchev–Trinajstić information content (AvgIpc) is 2.14. The van der Waals surface area contributed by atoms with E-state index in [4.69, 9.17) is 4.74 Å². The van der Waals surface area contributed by atoms with Crippen LogP contribution in [0.3, 0.4) is 0 Å². The third-order valence-corrected chi connectivity index (χ3v) is 5.76. The van der Waals surface area contributed by atoms with E-state index in [-0.39, 0.29) is 11.4 Å². The Morgan fingerprint density at radius 1 is 1.40 bits per heavy atom. The Bertz CT molecular complexity index is 311. The van der Waals surface area contributed by atoms with Crippen molar-refractivity contribution in [3.63, 3.8) is 0 Å². The summed E-state index contributed by atoms with van der Waals surface area (Å²) in [6.07, 6.45) is 3.73. The van der Waals surface area contributed by atoms with Gasteiger partial charge in [-0.1, -0.05) is 13.3 Å². The van der Waals surface area contributed by atoms with Crippen LogP contribution >= 0.6 is 0 Å². The second-order valence-electron chi connectivity index (χ2n) is 4.36. The van der Waals surface area contributed by atoms with Gasteiger partial charge in [-0.25, -0.2) is 8.42 Å². The van der Waals surface area contributed by atoms with Crippen molar-refractivity contribution < 1.29 is 13.2 Å². The number of hydrogen-bond donors (Lipinski definition) is 0. The monoisotopic (exact) mass is 233 g/mol. The maximum Gasteiger partial charge on any atom is 0.217 e. The Labute approximate surface area is 91.6 Å². The number of rotatable bonds is 3. The first-order chi connectivity index (χ1) is 7.14. The van der Waals surface area contributed by atoms with Gasteiger partial charge in [-0.15, -0.1) is 0 Å². The highest BCUT2D eigenvalue weighted by Crippen LogP contribution is 2.29. The maximum atomic E-state index is 12.1. The minimum atomic E-state index is -3.01. The van der Waals surface area contributed by atoms with Crippen LogP contribution in [-0.2, 0) is 14.8 Å².